The highest BCUT2D eigenvalue weighted by Crippen LogP contribution is 2.42. The summed E-state index contributed by atoms with van der Waals surface area (Å²) in [4.78, 5) is 26.8. The molecule has 0 saturated heterocycles. The first kappa shape index (κ1) is 27.4. The average Bonchev–Trinajstić information content (AvgIpc) is 2.95. The van der Waals surface area contributed by atoms with Crippen molar-refractivity contribution in [3.63, 3.8) is 0 Å². The molecule has 0 aliphatic carbocycles. The molecule has 1 aliphatic rings. The third-order valence-corrected chi connectivity index (χ3v) is 7.01. The van der Waals surface area contributed by atoms with Gasteiger partial charge in [-0.1, -0.05) is 41.4 Å². The highest BCUT2D eigenvalue weighted by atomic mass is 35.5. The molecule has 40 heavy (non-hydrogen) atoms. The number of aliphatic carboxylic acids is 1. The average molecular weight is 578 g/mol. The van der Waals surface area contributed by atoms with Crippen LogP contribution in [-0.2, 0) is 4.79 Å². The molecule has 0 aromatic heterocycles. The molecule has 0 spiro atoms. The summed E-state index contributed by atoms with van der Waals surface area (Å²) in [5.74, 6) is 0.462. The summed E-state index contributed by atoms with van der Waals surface area (Å²) in [6, 6.07) is 24.3. The summed E-state index contributed by atoms with van der Waals surface area (Å²) >= 11 is 12.7. The molecule has 0 bridgehead atoms. The normalized spacial score (nSPS) is 14.0. The lowest BCUT2D eigenvalue weighted by molar-refractivity contribution is -0.139. The largest absolute Gasteiger partial charge is 0.493 e. The van der Waals surface area contributed by atoms with Crippen molar-refractivity contribution >= 4 is 40.8 Å². The molecule has 1 aliphatic heterocycles. The van der Waals surface area contributed by atoms with Gasteiger partial charge in [-0.05, 0) is 67.9 Å². The fourth-order valence-corrected chi connectivity index (χ4v) is 4.88. The van der Waals surface area contributed by atoms with Crippen molar-refractivity contribution in [1.82, 2.24) is 0 Å². The molecular weight excluding hydrogens is 553 g/mol. The lowest BCUT2D eigenvalue weighted by atomic mass is 9.93. The minimum absolute atomic E-state index is 0.228. The van der Waals surface area contributed by atoms with Gasteiger partial charge in [0.1, 0.15) is 23.0 Å². The number of carboxylic acid groups (broad SMARTS) is 1. The summed E-state index contributed by atoms with van der Waals surface area (Å²) in [5, 5.41) is 10.3. The van der Waals surface area contributed by atoms with Crippen LogP contribution in [0.1, 0.15) is 35.2 Å². The first-order chi connectivity index (χ1) is 19.3. The van der Waals surface area contributed by atoms with Crippen LogP contribution in [0, 0.1) is 0 Å². The van der Waals surface area contributed by atoms with E-state index < -0.39 is 11.9 Å². The second-order valence-corrected chi connectivity index (χ2v) is 9.90. The third-order valence-electron chi connectivity index (χ3n) is 6.48. The number of anilines is 1. The summed E-state index contributed by atoms with van der Waals surface area (Å²) in [7, 11) is 0. The van der Waals surface area contributed by atoms with Gasteiger partial charge in [0.25, 0.3) is 5.91 Å². The molecular formula is C31H25Cl2NO6. The van der Waals surface area contributed by atoms with E-state index in [0.717, 1.165) is 0 Å². The van der Waals surface area contributed by atoms with E-state index >= 15 is 0 Å². The van der Waals surface area contributed by atoms with Gasteiger partial charge in [-0.2, -0.15) is 0 Å². The minimum Gasteiger partial charge on any atom is -0.493 e. The lowest BCUT2D eigenvalue weighted by Gasteiger charge is -2.24. The monoisotopic (exact) mass is 577 g/mol. The first-order valence-electron chi connectivity index (χ1n) is 12.7. The maximum absolute atomic E-state index is 13.5. The van der Waals surface area contributed by atoms with Crippen molar-refractivity contribution in [2.24, 2.45) is 0 Å². The Morgan fingerprint density at radius 1 is 0.925 bits per heavy atom. The number of amides is 1. The topological polar surface area (TPSA) is 85.3 Å². The van der Waals surface area contributed by atoms with Gasteiger partial charge in [-0.15, -0.1) is 0 Å². The predicted octanol–water partition coefficient (Wildman–Crippen LogP) is 8.20. The number of nitrogens with zero attached hydrogens (tertiary/aromatic N) is 1. The summed E-state index contributed by atoms with van der Waals surface area (Å²) in [5.41, 5.74) is 1.55. The van der Waals surface area contributed by atoms with E-state index in [1.54, 1.807) is 59.5 Å². The number of carbonyl (C=O) groups excluding carboxylic acids is 1. The Bertz CT molecular complexity index is 1540. The Hall–Kier alpha value is -4.20. The van der Waals surface area contributed by atoms with Gasteiger partial charge in [0.15, 0.2) is 5.75 Å². The van der Waals surface area contributed by atoms with E-state index in [4.69, 9.17) is 37.4 Å². The fourth-order valence-electron chi connectivity index (χ4n) is 4.50. The van der Waals surface area contributed by atoms with Crippen LogP contribution in [0.15, 0.2) is 84.9 Å². The Balaban J connectivity index is 1.36. The van der Waals surface area contributed by atoms with Crippen LogP contribution in [0.2, 0.25) is 10.0 Å². The zero-order valence-corrected chi connectivity index (χ0v) is 23.0. The molecule has 0 fully saturated rings. The number of ether oxygens (including phenoxy) is 3. The molecule has 7 nitrogen and oxygen atoms in total. The second-order valence-electron chi connectivity index (χ2n) is 9.05. The van der Waals surface area contributed by atoms with Crippen molar-refractivity contribution in [1.29, 1.82) is 0 Å². The molecule has 1 unspecified atom stereocenters. The quantitative estimate of drug-likeness (QED) is 0.227. The number of para-hydroxylation sites is 1. The molecule has 0 radical (unpaired) electrons. The van der Waals surface area contributed by atoms with E-state index in [2.05, 4.69) is 0 Å². The third kappa shape index (κ3) is 5.86. The van der Waals surface area contributed by atoms with E-state index in [9.17, 15) is 14.7 Å². The molecule has 1 heterocycles. The van der Waals surface area contributed by atoms with E-state index in [1.807, 2.05) is 37.3 Å². The van der Waals surface area contributed by atoms with Crippen LogP contribution in [0.4, 0.5) is 5.69 Å². The summed E-state index contributed by atoms with van der Waals surface area (Å²) in [6.07, 6.45) is 0.374. The zero-order chi connectivity index (χ0) is 28.2. The predicted molar refractivity (Wildman–Crippen MR) is 154 cm³/mol. The van der Waals surface area contributed by atoms with Crippen molar-refractivity contribution in [2.45, 2.75) is 19.3 Å². The Kier molecular flexibility index (Phi) is 8.14. The number of benzene rings is 4. The van der Waals surface area contributed by atoms with Gasteiger partial charge in [0.05, 0.1) is 23.2 Å². The Labute approximate surface area is 241 Å². The van der Waals surface area contributed by atoms with Crippen LogP contribution >= 0.6 is 23.2 Å². The van der Waals surface area contributed by atoms with E-state index in [1.165, 1.54) is 0 Å². The van der Waals surface area contributed by atoms with Gasteiger partial charge in [0, 0.05) is 34.8 Å². The van der Waals surface area contributed by atoms with E-state index in [-0.39, 0.29) is 10.9 Å². The number of halogens is 2. The molecule has 204 valence electrons. The molecule has 4 aromatic rings. The van der Waals surface area contributed by atoms with Crippen LogP contribution in [0.25, 0.3) is 0 Å². The van der Waals surface area contributed by atoms with Gasteiger partial charge < -0.3 is 24.2 Å². The van der Waals surface area contributed by atoms with Crippen LogP contribution in [0.5, 0.6) is 28.7 Å². The number of hydrogen-bond donors (Lipinski definition) is 1. The van der Waals surface area contributed by atoms with Crippen molar-refractivity contribution in [2.75, 3.05) is 18.1 Å². The van der Waals surface area contributed by atoms with Crippen molar-refractivity contribution in [3.8, 4) is 28.7 Å². The Morgan fingerprint density at radius 2 is 1.62 bits per heavy atom. The number of rotatable bonds is 8. The number of fused-ring (bicyclic) bond motifs is 1. The standard InChI is InChI=1S/C31H25Cl2NO6/c1-2-34(26-13-10-20(32)16-29(26)40-21-6-4-3-5-7-21)30(35)19-8-11-22(12-9-19)39-28-18-27-24(17-25(28)33)23(31(36)37)14-15-38-27/h3-13,16-18,23H,2,14-15H2,1H3,(H,36,37). The minimum atomic E-state index is -0.923. The molecule has 1 amide bonds. The summed E-state index contributed by atoms with van der Waals surface area (Å²) in [6.45, 7) is 2.57. The molecule has 1 atom stereocenters. The second kappa shape index (κ2) is 11.9. The summed E-state index contributed by atoms with van der Waals surface area (Å²) < 4.78 is 17.7. The number of carboxylic acids is 1. The smallest absolute Gasteiger partial charge is 0.311 e. The molecule has 9 heteroatoms. The van der Waals surface area contributed by atoms with Gasteiger partial charge in [-0.25, -0.2) is 0 Å². The fraction of sp³-hybridized carbons (Fsp3) is 0.161. The van der Waals surface area contributed by atoms with Crippen LogP contribution < -0.4 is 19.1 Å². The van der Waals surface area contributed by atoms with Crippen molar-refractivity contribution in [3.05, 3.63) is 106 Å². The van der Waals surface area contributed by atoms with Gasteiger partial charge in [-0.3, -0.25) is 9.59 Å². The molecule has 1 N–H and O–H groups in total. The van der Waals surface area contributed by atoms with Gasteiger partial charge in [0.2, 0.25) is 0 Å². The molecule has 0 saturated carbocycles. The SMILES string of the molecule is CCN(C(=O)c1ccc(Oc2cc3c(cc2Cl)C(C(=O)O)CCO3)cc1)c1ccc(Cl)cc1Oc1ccccc1. The van der Waals surface area contributed by atoms with Gasteiger partial charge >= 0.3 is 5.97 Å². The number of hydrogen-bond acceptors (Lipinski definition) is 5. The number of carbonyl (C=O) groups is 2. The van der Waals surface area contributed by atoms with Crippen LogP contribution in [-0.4, -0.2) is 30.1 Å². The van der Waals surface area contributed by atoms with Crippen LogP contribution in [0.3, 0.4) is 0 Å². The van der Waals surface area contributed by atoms with Crippen molar-refractivity contribution < 1.29 is 28.9 Å². The molecule has 4 aromatic carbocycles. The lowest BCUT2D eigenvalue weighted by Crippen LogP contribution is -2.30. The maximum atomic E-state index is 13.5. The Morgan fingerprint density at radius 3 is 2.33 bits per heavy atom. The highest BCUT2D eigenvalue weighted by molar-refractivity contribution is 6.32. The first-order valence-corrected chi connectivity index (χ1v) is 13.4. The van der Waals surface area contributed by atoms with E-state index in [0.29, 0.717) is 70.2 Å². The maximum Gasteiger partial charge on any atom is 0.311 e. The zero-order valence-electron chi connectivity index (χ0n) is 21.5. The molecule has 5 rings (SSSR count). The highest BCUT2D eigenvalue weighted by Gasteiger charge is 2.29.